The summed E-state index contributed by atoms with van der Waals surface area (Å²) in [6, 6.07) is 8.28. The van der Waals surface area contributed by atoms with Crippen LogP contribution in [-0.4, -0.2) is 4.98 Å². The van der Waals surface area contributed by atoms with E-state index in [9.17, 15) is 4.39 Å². The van der Waals surface area contributed by atoms with Crippen molar-refractivity contribution in [3.05, 3.63) is 63.6 Å². The molecule has 1 aromatic heterocycles. The van der Waals surface area contributed by atoms with Crippen LogP contribution in [0.2, 0.25) is 0 Å². The molecule has 0 radical (unpaired) electrons. The molecule has 0 amide bonds. The zero-order valence-corrected chi connectivity index (χ0v) is 11.6. The molecule has 1 aromatic carbocycles. The maximum absolute atomic E-state index is 13.2. The summed E-state index contributed by atoms with van der Waals surface area (Å²) in [5, 5.41) is 0. The molecule has 0 aliphatic rings. The van der Waals surface area contributed by atoms with Crippen molar-refractivity contribution in [2.24, 2.45) is 5.73 Å². The molecule has 18 heavy (non-hydrogen) atoms. The van der Waals surface area contributed by atoms with Gasteiger partial charge in [-0.25, -0.2) is 4.39 Å². The normalized spacial score (nSPS) is 12.4. The molecule has 0 aliphatic carbocycles. The maximum atomic E-state index is 13.2. The predicted octanol–water partition coefficient (Wildman–Crippen LogP) is 3.53. The summed E-state index contributed by atoms with van der Waals surface area (Å²) in [5.41, 5.74) is 8.94. The minimum absolute atomic E-state index is 0.184. The van der Waals surface area contributed by atoms with Gasteiger partial charge in [0.15, 0.2) is 0 Å². The van der Waals surface area contributed by atoms with Gasteiger partial charge >= 0.3 is 0 Å². The lowest BCUT2D eigenvalue weighted by atomic mass is 9.99. The molecule has 2 rings (SSSR count). The standard InChI is InChI=1S/C14H14BrFN2/c1-9-12(3-2-6-18-9)14(17)8-10-7-11(16)4-5-13(10)15/h2-7,14H,8,17H2,1H3. The Kier molecular flexibility index (Phi) is 4.09. The average molecular weight is 309 g/mol. The van der Waals surface area contributed by atoms with Crippen molar-refractivity contribution in [2.75, 3.05) is 0 Å². The largest absolute Gasteiger partial charge is 0.324 e. The van der Waals surface area contributed by atoms with Crippen molar-refractivity contribution in [1.82, 2.24) is 4.98 Å². The first kappa shape index (κ1) is 13.2. The van der Waals surface area contributed by atoms with E-state index < -0.39 is 0 Å². The topological polar surface area (TPSA) is 38.9 Å². The van der Waals surface area contributed by atoms with Crippen LogP contribution in [0.3, 0.4) is 0 Å². The number of halogens is 2. The number of nitrogens with zero attached hydrogens (tertiary/aromatic N) is 1. The van der Waals surface area contributed by atoms with Gasteiger partial charge in [0.25, 0.3) is 0 Å². The zero-order valence-electron chi connectivity index (χ0n) is 10.0. The molecule has 4 heteroatoms. The fourth-order valence-corrected chi connectivity index (χ4v) is 2.34. The number of aryl methyl sites for hydroxylation is 1. The van der Waals surface area contributed by atoms with Crippen molar-refractivity contribution < 1.29 is 4.39 Å². The van der Waals surface area contributed by atoms with Crippen LogP contribution >= 0.6 is 15.9 Å². The van der Waals surface area contributed by atoms with Crippen LogP contribution in [0.25, 0.3) is 0 Å². The van der Waals surface area contributed by atoms with Crippen LogP contribution in [0.4, 0.5) is 4.39 Å². The molecule has 0 saturated heterocycles. The second kappa shape index (κ2) is 5.59. The van der Waals surface area contributed by atoms with Gasteiger partial charge in [0.2, 0.25) is 0 Å². The Morgan fingerprint density at radius 1 is 1.39 bits per heavy atom. The van der Waals surface area contributed by atoms with E-state index in [4.69, 9.17) is 5.73 Å². The Balaban J connectivity index is 2.24. The molecule has 0 fully saturated rings. The van der Waals surface area contributed by atoms with E-state index in [2.05, 4.69) is 20.9 Å². The lowest BCUT2D eigenvalue weighted by molar-refractivity contribution is 0.621. The fourth-order valence-electron chi connectivity index (χ4n) is 1.94. The quantitative estimate of drug-likeness (QED) is 0.942. The smallest absolute Gasteiger partial charge is 0.123 e. The maximum Gasteiger partial charge on any atom is 0.123 e. The third-order valence-corrected chi connectivity index (χ3v) is 3.67. The second-order valence-corrected chi connectivity index (χ2v) is 5.08. The minimum Gasteiger partial charge on any atom is -0.324 e. The lowest BCUT2D eigenvalue weighted by Gasteiger charge is -2.15. The van der Waals surface area contributed by atoms with Crippen molar-refractivity contribution in [2.45, 2.75) is 19.4 Å². The van der Waals surface area contributed by atoms with Gasteiger partial charge in [-0.05, 0) is 48.7 Å². The summed E-state index contributed by atoms with van der Waals surface area (Å²) in [6.07, 6.45) is 2.31. The highest BCUT2D eigenvalue weighted by Gasteiger charge is 2.12. The van der Waals surface area contributed by atoms with Crippen LogP contribution in [0.5, 0.6) is 0 Å². The average Bonchev–Trinajstić information content (AvgIpc) is 2.34. The van der Waals surface area contributed by atoms with Crippen LogP contribution in [0.15, 0.2) is 41.0 Å². The molecular weight excluding hydrogens is 295 g/mol. The highest BCUT2D eigenvalue weighted by atomic mass is 79.9. The monoisotopic (exact) mass is 308 g/mol. The Bertz CT molecular complexity index is 557. The van der Waals surface area contributed by atoms with Crippen molar-refractivity contribution in [3.63, 3.8) is 0 Å². The van der Waals surface area contributed by atoms with E-state index in [0.29, 0.717) is 6.42 Å². The van der Waals surface area contributed by atoms with Gasteiger partial charge in [-0.15, -0.1) is 0 Å². The molecule has 0 aliphatic heterocycles. The van der Waals surface area contributed by atoms with E-state index in [1.54, 1.807) is 12.3 Å². The second-order valence-electron chi connectivity index (χ2n) is 4.22. The molecule has 0 spiro atoms. The van der Waals surface area contributed by atoms with E-state index in [-0.39, 0.29) is 11.9 Å². The van der Waals surface area contributed by atoms with E-state index in [1.165, 1.54) is 12.1 Å². The predicted molar refractivity (Wildman–Crippen MR) is 73.7 cm³/mol. The first-order valence-electron chi connectivity index (χ1n) is 5.69. The summed E-state index contributed by atoms with van der Waals surface area (Å²) in [5.74, 6) is -0.247. The van der Waals surface area contributed by atoms with Gasteiger partial charge in [-0.1, -0.05) is 22.0 Å². The van der Waals surface area contributed by atoms with E-state index in [0.717, 1.165) is 21.3 Å². The molecule has 0 bridgehead atoms. The number of aromatic nitrogens is 1. The number of pyridine rings is 1. The summed E-state index contributed by atoms with van der Waals surface area (Å²) >= 11 is 3.41. The molecule has 1 unspecified atom stereocenters. The van der Waals surface area contributed by atoms with E-state index >= 15 is 0 Å². The number of benzene rings is 1. The molecule has 2 nitrogen and oxygen atoms in total. The number of hydrogen-bond donors (Lipinski definition) is 1. The molecule has 1 atom stereocenters. The van der Waals surface area contributed by atoms with Gasteiger partial charge in [0, 0.05) is 22.4 Å². The summed E-state index contributed by atoms with van der Waals surface area (Å²) in [6.45, 7) is 1.93. The first-order chi connectivity index (χ1) is 8.58. The number of hydrogen-bond acceptors (Lipinski definition) is 2. The SMILES string of the molecule is Cc1ncccc1C(N)Cc1cc(F)ccc1Br. The number of rotatable bonds is 3. The Hall–Kier alpha value is -1.26. The van der Waals surface area contributed by atoms with Crippen LogP contribution in [-0.2, 0) is 6.42 Å². The van der Waals surface area contributed by atoms with Crippen molar-refractivity contribution in [1.29, 1.82) is 0 Å². The summed E-state index contributed by atoms with van der Waals surface area (Å²) in [4.78, 5) is 4.22. The van der Waals surface area contributed by atoms with Crippen LogP contribution in [0.1, 0.15) is 22.9 Å². The summed E-state index contributed by atoms with van der Waals surface area (Å²) < 4.78 is 14.1. The van der Waals surface area contributed by atoms with Gasteiger partial charge in [0.05, 0.1) is 0 Å². The van der Waals surface area contributed by atoms with Gasteiger partial charge in [-0.2, -0.15) is 0 Å². The van der Waals surface area contributed by atoms with E-state index in [1.807, 2.05) is 19.1 Å². The van der Waals surface area contributed by atoms with Gasteiger partial charge in [0.1, 0.15) is 5.82 Å². The Morgan fingerprint density at radius 2 is 2.17 bits per heavy atom. The van der Waals surface area contributed by atoms with Crippen LogP contribution < -0.4 is 5.73 Å². The molecular formula is C14H14BrFN2. The minimum atomic E-state index is -0.247. The third-order valence-electron chi connectivity index (χ3n) is 2.89. The van der Waals surface area contributed by atoms with Crippen molar-refractivity contribution >= 4 is 15.9 Å². The molecule has 94 valence electrons. The molecule has 1 heterocycles. The zero-order chi connectivity index (χ0) is 13.1. The van der Waals surface area contributed by atoms with Crippen molar-refractivity contribution in [3.8, 4) is 0 Å². The highest BCUT2D eigenvalue weighted by Crippen LogP contribution is 2.24. The number of nitrogens with two attached hydrogens (primary N) is 1. The highest BCUT2D eigenvalue weighted by molar-refractivity contribution is 9.10. The fraction of sp³-hybridized carbons (Fsp3) is 0.214. The third kappa shape index (κ3) is 2.94. The first-order valence-corrected chi connectivity index (χ1v) is 6.48. The molecule has 2 aromatic rings. The van der Waals surface area contributed by atoms with Gasteiger partial charge in [-0.3, -0.25) is 4.98 Å². The Morgan fingerprint density at radius 3 is 2.89 bits per heavy atom. The van der Waals surface area contributed by atoms with Gasteiger partial charge < -0.3 is 5.73 Å². The molecule has 0 saturated carbocycles. The lowest BCUT2D eigenvalue weighted by Crippen LogP contribution is -2.15. The summed E-state index contributed by atoms with van der Waals surface area (Å²) in [7, 11) is 0. The van der Waals surface area contributed by atoms with Crippen LogP contribution in [0, 0.1) is 12.7 Å². The molecule has 2 N–H and O–H groups in total. The Labute approximate surface area is 114 Å².